The number of nitrogens with one attached hydrogen (secondary N) is 2. The van der Waals surface area contributed by atoms with Gasteiger partial charge in [-0.3, -0.25) is 4.79 Å². The number of piperidine rings is 1. The van der Waals surface area contributed by atoms with Crippen LogP contribution in [0.3, 0.4) is 0 Å². The van der Waals surface area contributed by atoms with E-state index in [0.717, 1.165) is 36.1 Å². The number of hydrogen-bond donors (Lipinski definition) is 2. The minimum Gasteiger partial charge on any atom is -0.417 e. The van der Waals surface area contributed by atoms with Crippen LogP contribution in [-0.4, -0.2) is 66.1 Å². The van der Waals surface area contributed by atoms with Gasteiger partial charge in [0.2, 0.25) is 5.76 Å². The standard InChI is InChI=1S/C32H32F3N7O3/c33-32(34,35)28-27(45-31(39-28)42-15-7-2-8-16-42)29(43)37-23-13-14-26(36-21-23)40-17-19-41(20-18-40)30(44)38-25-12-6-5-11-24(25)22-9-3-1-4-10-22/h1,3-6,9-14,21H,2,7-8,15-20H2,(H,37,43)(H,38,44). The number of benzene rings is 2. The summed E-state index contributed by atoms with van der Waals surface area (Å²) >= 11 is 0. The molecule has 2 aromatic heterocycles. The first-order valence-corrected chi connectivity index (χ1v) is 14.8. The maximum atomic E-state index is 13.7. The van der Waals surface area contributed by atoms with Crippen LogP contribution >= 0.6 is 0 Å². The highest BCUT2D eigenvalue weighted by atomic mass is 19.4. The average Bonchev–Trinajstić information content (AvgIpc) is 3.53. The largest absolute Gasteiger partial charge is 0.437 e. The van der Waals surface area contributed by atoms with Crippen molar-refractivity contribution in [2.24, 2.45) is 0 Å². The van der Waals surface area contributed by atoms with Crippen LogP contribution in [0.1, 0.15) is 35.5 Å². The van der Waals surface area contributed by atoms with Crippen molar-refractivity contribution < 1.29 is 27.2 Å². The number of urea groups is 1. The molecule has 0 aliphatic carbocycles. The van der Waals surface area contributed by atoms with Crippen molar-refractivity contribution in [1.82, 2.24) is 14.9 Å². The van der Waals surface area contributed by atoms with Gasteiger partial charge in [-0.2, -0.15) is 18.2 Å². The Morgan fingerprint density at radius 2 is 1.49 bits per heavy atom. The fourth-order valence-corrected chi connectivity index (χ4v) is 5.50. The fourth-order valence-electron chi connectivity index (χ4n) is 5.50. The molecule has 0 saturated carbocycles. The van der Waals surface area contributed by atoms with Crippen LogP contribution in [-0.2, 0) is 6.18 Å². The van der Waals surface area contributed by atoms with E-state index in [4.69, 9.17) is 4.42 Å². The van der Waals surface area contributed by atoms with Crippen LogP contribution in [0, 0.1) is 0 Å². The summed E-state index contributed by atoms with van der Waals surface area (Å²) in [4.78, 5) is 39.3. The molecule has 0 spiro atoms. The van der Waals surface area contributed by atoms with Gasteiger partial charge in [-0.1, -0.05) is 48.5 Å². The van der Waals surface area contributed by atoms with Gasteiger partial charge in [-0.15, -0.1) is 0 Å². The topological polar surface area (TPSA) is 107 Å². The monoisotopic (exact) mass is 619 g/mol. The molecule has 0 bridgehead atoms. The Morgan fingerprint density at radius 3 is 2.18 bits per heavy atom. The van der Waals surface area contributed by atoms with Gasteiger partial charge in [-0.25, -0.2) is 9.78 Å². The molecule has 2 aliphatic rings. The van der Waals surface area contributed by atoms with E-state index in [0.29, 0.717) is 45.1 Å². The van der Waals surface area contributed by atoms with E-state index in [2.05, 4.69) is 20.6 Å². The van der Waals surface area contributed by atoms with Gasteiger partial charge in [-0.05, 0) is 43.0 Å². The second-order valence-corrected chi connectivity index (χ2v) is 10.9. The molecular weight excluding hydrogens is 587 g/mol. The zero-order valence-corrected chi connectivity index (χ0v) is 24.4. The van der Waals surface area contributed by atoms with Gasteiger partial charge in [0.25, 0.3) is 11.9 Å². The Kier molecular flexibility index (Phi) is 8.58. The molecule has 0 atom stereocenters. The van der Waals surface area contributed by atoms with Gasteiger partial charge in [0, 0.05) is 44.8 Å². The van der Waals surface area contributed by atoms with Gasteiger partial charge in [0.1, 0.15) is 5.82 Å². The van der Waals surface area contributed by atoms with E-state index < -0.39 is 23.5 Å². The van der Waals surface area contributed by atoms with E-state index in [1.165, 1.54) is 6.20 Å². The summed E-state index contributed by atoms with van der Waals surface area (Å²) in [6.45, 7) is 3.02. The molecule has 10 nitrogen and oxygen atoms in total. The lowest BCUT2D eigenvalue weighted by Crippen LogP contribution is -2.50. The third-order valence-corrected chi connectivity index (χ3v) is 7.87. The summed E-state index contributed by atoms with van der Waals surface area (Å²) in [5.41, 5.74) is 1.53. The number of alkyl halides is 3. The number of piperazine rings is 1. The quantitative estimate of drug-likeness (QED) is 0.259. The Hall–Kier alpha value is -5.07. The molecule has 4 aromatic rings. The second-order valence-electron chi connectivity index (χ2n) is 10.9. The van der Waals surface area contributed by atoms with E-state index in [1.54, 1.807) is 21.9 Å². The Balaban J connectivity index is 1.06. The number of hydrogen-bond acceptors (Lipinski definition) is 7. The number of halogens is 3. The van der Waals surface area contributed by atoms with Crippen molar-refractivity contribution in [3.05, 3.63) is 84.4 Å². The van der Waals surface area contributed by atoms with Crippen molar-refractivity contribution in [3.8, 4) is 11.1 Å². The number of carbonyl (C=O) groups excluding carboxylic acids is 2. The molecule has 0 radical (unpaired) electrons. The van der Waals surface area contributed by atoms with Crippen molar-refractivity contribution in [3.63, 3.8) is 0 Å². The minimum atomic E-state index is -4.85. The zero-order chi connectivity index (χ0) is 31.4. The molecule has 0 unspecified atom stereocenters. The number of pyridine rings is 1. The number of anilines is 4. The zero-order valence-electron chi connectivity index (χ0n) is 24.4. The fraction of sp³-hybridized carbons (Fsp3) is 0.312. The minimum absolute atomic E-state index is 0.196. The van der Waals surface area contributed by atoms with E-state index in [9.17, 15) is 22.8 Å². The van der Waals surface area contributed by atoms with Crippen LogP contribution < -0.4 is 20.4 Å². The molecule has 4 heterocycles. The smallest absolute Gasteiger partial charge is 0.417 e. The van der Waals surface area contributed by atoms with E-state index in [1.807, 2.05) is 59.5 Å². The maximum Gasteiger partial charge on any atom is 0.437 e. The predicted molar refractivity (Wildman–Crippen MR) is 164 cm³/mol. The average molecular weight is 620 g/mol. The summed E-state index contributed by atoms with van der Waals surface area (Å²) in [6, 6.07) is 20.3. The Labute approximate surface area is 257 Å². The lowest BCUT2D eigenvalue weighted by atomic mass is 10.0. The summed E-state index contributed by atoms with van der Waals surface area (Å²) in [5.74, 6) is -1.32. The molecule has 2 fully saturated rings. The van der Waals surface area contributed by atoms with Crippen LogP contribution in [0.2, 0.25) is 0 Å². The molecule has 3 amide bonds. The lowest BCUT2D eigenvalue weighted by molar-refractivity contribution is -0.141. The Bertz CT molecular complexity index is 1630. The first kappa shape index (κ1) is 30.0. The lowest BCUT2D eigenvalue weighted by Gasteiger charge is -2.35. The highest BCUT2D eigenvalue weighted by Gasteiger charge is 2.42. The third-order valence-electron chi connectivity index (χ3n) is 7.87. The molecule has 2 aliphatic heterocycles. The van der Waals surface area contributed by atoms with Crippen LogP contribution in [0.15, 0.2) is 77.3 Å². The van der Waals surface area contributed by atoms with Crippen LogP contribution in [0.5, 0.6) is 0 Å². The number of carbonyl (C=O) groups is 2. The first-order valence-electron chi connectivity index (χ1n) is 14.8. The van der Waals surface area contributed by atoms with Crippen molar-refractivity contribution in [1.29, 1.82) is 0 Å². The summed E-state index contributed by atoms with van der Waals surface area (Å²) in [6.07, 6.45) is -0.864. The number of aromatic nitrogens is 2. The van der Waals surface area contributed by atoms with Gasteiger partial charge < -0.3 is 29.8 Å². The predicted octanol–water partition coefficient (Wildman–Crippen LogP) is 6.35. The Morgan fingerprint density at radius 1 is 0.778 bits per heavy atom. The number of nitrogens with zero attached hydrogens (tertiary/aromatic N) is 5. The van der Waals surface area contributed by atoms with Crippen molar-refractivity contribution >= 4 is 35.1 Å². The molecule has 45 heavy (non-hydrogen) atoms. The molecule has 2 N–H and O–H groups in total. The number of rotatable bonds is 6. The van der Waals surface area contributed by atoms with Gasteiger partial charge in [0.05, 0.1) is 17.6 Å². The molecule has 6 rings (SSSR count). The van der Waals surface area contributed by atoms with E-state index in [-0.39, 0.29) is 17.7 Å². The molecule has 2 aromatic carbocycles. The highest BCUT2D eigenvalue weighted by Crippen LogP contribution is 2.35. The summed E-state index contributed by atoms with van der Waals surface area (Å²) in [7, 11) is 0. The number of oxazole rings is 1. The normalized spacial score (nSPS) is 15.6. The maximum absolute atomic E-state index is 13.7. The molecule has 2 saturated heterocycles. The third kappa shape index (κ3) is 6.87. The molecule has 234 valence electrons. The number of para-hydroxylation sites is 1. The van der Waals surface area contributed by atoms with Gasteiger partial charge >= 0.3 is 12.2 Å². The summed E-state index contributed by atoms with van der Waals surface area (Å²) < 4.78 is 46.4. The van der Waals surface area contributed by atoms with Crippen LogP contribution in [0.4, 0.5) is 41.2 Å². The first-order chi connectivity index (χ1) is 21.8. The highest BCUT2D eigenvalue weighted by molar-refractivity contribution is 6.03. The van der Waals surface area contributed by atoms with Crippen LogP contribution in [0.25, 0.3) is 11.1 Å². The second kappa shape index (κ2) is 12.9. The molecular formula is C32H32F3N7O3. The van der Waals surface area contributed by atoms with Crippen molar-refractivity contribution in [2.45, 2.75) is 25.4 Å². The van der Waals surface area contributed by atoms with E-state index >= 15 is 0 Å². The number of amides is 3. The summed E-state index contributed by atoms with van der Waals surface area (Å²) in [5, 5.41) is 5.48. The molecule has 13 heteroatoms. The van der Waals surface area contributed by atoms with Crippen molar-refractivity contribution in [2.75, 3.05) is 59.7 Å². The SMILES string of the molecule is O=C(Nc1ccc(N2CCN(C(=O)Nc3ccccc3-c3ccccc3)CC2)nc1)c1oc(N2CCCCC2)nc1C(F)(F)F. The van der Waals surface area contributed by atoms with Gasteiger partial charge in [0.15, 0.2) is 5.69 Å².